The molecule has 4 heterocycles. The van der Waals surface area contributed by atoms with Gasteiger partial charge in [-0.25, -0.2) is 9.97 Å². The lowest BCUT2D eigenvalue weighted by atomic mass is 9.86. The number of carbonyl (C=O) groups is 2. The molecule has 0 atom stereocenters. The molecule has 2 aliphatic carbocycles. The average molecular weight is 695 g/mol. The fourth-order valence-corrected chi connectivity index (χ4v) is 6.78. The number of likely N-dealkylation sites (N-methyl/N-ethyl adjacent to an activating group) is 1. The van der Waals surface area contributed by atoms with Crippen LogP contribution in [0.5, 0.6) is 0 Å². The maximum atomic E-state index is 14.2. The Morgan fingerprint density at radius 2 is 1.82 bits per heavy atom. The molecule has 0 radical (unpaired) electrons. The maximum absolute atomic E-state index is 14.2. The van der Waals surface area contributed by atoms with Gasteiger partial charge in [0.2, 0.25) is 5.95 Å². The van der Waals surface area contributed by atoms with Crippen LogP contribution in [0.1, 0.15) is 73.1 Å². The highest BCUT2D eigenvalue weighted by Gasteiger charge is 2.40. The maximum Gasteiger partial charge on any atom is 0.418 e. The highest BCUT2D eigenvalue weighted by Crippen LogP contribution is 2.46. The monoisotopic (exact) mass is 694 g/mol. The summed E-state index contributed by atoms with van der Waals surface area (Å²) < 4.78 is 53.1. The molecular weight excluding hydrogens is 653 g/mol. The van der Waals surface area contributed by atoms with Gasteiger partial charge in [0.15, 0.2) is 5.65 Å². The van der Waals surface area contributed by atoms with E-state index < -0.39 is 17.6 Å². The Labute approximate surface area is 287 Å². The molecule has 0 aromatic carbocycles. The summed E-state index contributed by atoms with van der Waals surface area (Å²) in [6, 6.07) is 6.05. The molecule has 50 heavy (non-hydrogen) atoms. The summed E-state index contributed by atoms with van der Waals surface area (Å²) in [6.07, 6.45) is 3.88. The number of carbonyl (C=O) groups excluding carboxylic acids is 2. The molecule has 0 saturated heterocycles. The van der Waals surface area contributed by atoms with Crippen LogP contribution in [-0.2, 0) is 20.4 Å². The van der Waals surface area contributed by atoms with E-state index in [0.717, 1.165) is 31.7 Å². The lowest BCUT2D eigenvalue weighted by Crippen LogP contribution is -2.37. The van der Waals surface area contributed by atoms with Gasteiger partial charge in [0.1, 0.15) is 17.8 Å². The van der Waals surface area contributed by atoms with Crippen LogP contribution in [-0.4, -0.2) is 84.3 Å². The summed E-state index contributed by atoms with van der Waals surface area (Å²) >= 11 is 0. The van der Waals surface area contributed by atoms with E-state index in [4.69, 9.17) is 9.47 Å². The second kappa shape index (κ2) is 14.2. The van der Waals surface area contributed by atoms with E-state index in [0.29, 0.717) is 42.9 Å². The number of hydrogen-bond acceptors (Lipinski definition) is 10. The van der Waals surface area contributed by atoms with Crippen LogP contribution >= 0.6 is 0 Å². The third-order valence-electron chi connectivity index (χ3n) is 9.35. The van der Waals surface area contributed by atoms with Gasteiger partial charge in [0.05, 0.1) is 47.7 Å². The topological polar surface area (TPSA) is 138 Å². The minimum atomic E-state index is -4.56. The van der Waals surface area contributed by atoms with Gasteiger partial charge >= 0.3 is 12.1 Å². The summed E-state index contributed by atoms with van der Waals surface area (Å²) in [5, 5.41) is 2.73. The van der Waals surface area contributed by atoms with Crippen molar-refractivity contribution in [1.29, 1.82) is 0 Å². The largest absolute Gasteiger partial charge is 0.465 e. The third-order valence-corrected chi connectivity index (χ3v) is 9.35. The fourth-order valence-electron chi connectivity index (χ4n) is 6.78. The van der Waals surface area contributed by atoms with Crippen LogP contribution in [0.25, 0.3) is 22.4 Å². The summed E-state index contributed by atoms with van der Waals surface area (Å²) in [4.78, 5) is 49.6. The first-order valence-corrected chi connectivity index (χ1v) is 16.7. The summed E-state index contributed by atoms with van der Waals surface area (Å²) in [5.41, 5.74) is 1.84. The first-order chi connectivity index (χ1) is 23.9. The summed E-state index contributed by atoms with van der Waals surface area (Å²) in [6.45, 7) is 3.24. The molecule has 4 aromatic rings. The van der Waals surface area contributed by atoms with Crippen LogP contribution in [0.2, 0.25) is 0 Å². The van der Waals surface area contributed by atoms with Gasteiger partial charge in [0.25, 0.3) is 5.91 Å². The van der Waals surface area contributed by atoms with Gasteiger partial charge in [-0.05, 0) is 56.9 Å². The quantitative estimate of drug-likeness (QED) is 0.156. The predicted octanol–water partition coefficient (Wildman–Crippen LogP) is 6.21. The Bertz CT molecular complexity index is 1850. The normalized spacial score (nSPS) is 15.7. The van der Waals surface area contributed by atoms with Crippen LogP contribution in [0, 0.1) is 5.41 Å². The molecule has 0 aliphatic heterocycles. The molecule has 2 N–H and O–H groups in total. The molecule has 0 bridgehead atoms. The van der Waals surface area contributed by atoms with E-state index in [-0.39, 0.29) is 64.7 Å². The average Bonchev–Trinajstić information content (AvgIpc) is 3.70. The van der Waals surface area contributed by atoms with E-state index in [1.165, 1.54) is 18.5 Å². The standard InChI is InChI=1S/C35H41F3N8O4/c1-5-50-28(47)18-45(2)23-10-11-25(39-17-23)32(48)44-33-42-30-27(46(3)19-34(20-49-4)12-6-7-13-34)15-26(41-31(30)43-33)22-14-24(35(36,37)38)29(40-16-22)21-8-9-21/h10-11,14-17,21H,5-9,12-13,18-20H2,1-4H3,(H2,41,42,43,44,48). The zero-order valence-corrected chi connectivity index (χ0v) is 28.6. The van der Waals surface area contributed by atoms with E-state index in [2.05, 4.69) is 30.2 Å². The number of aromatic amines is 1. The number of esters is 1. The fraction of sp³-hybridized carbons (Fsp3) is 0.486. The number of aromatic nitrogens is 5. The van der Waals surface area contributed by atoms with Gasteiger partial charge in [-0.15, -0.1) is 0 Å². The Hall–Kier alpha value is -4.79. The molecular formula is C35H41F3N8O4. The van der Waals surface area contributed by atoms with Crippen LogP contribution < -0.4 is 15.1 Å². The molecule has 1 amide bonds. The molecule has 2 fully saturated rings. The summed E-state index contributed by atoms with van der Waals surface area (Å²) in [7, 11) is 5.32. The Balaban J connectivity index is 1.32. The number of methoxy groups -OCH3 is 1. The highest BCUT2D eigenvalue weighted by atomic mass is 19.4. The Morgan fingerprint density at radius 1 is 1.06 bits per heavy atom. The molecule has 0 spiro atoms. The van der Waals surface area contributed by atoms with Crippen molar-refractivity contribution in [3.8, 4) is 11.3 Å². The molecule has 266 valence electrons. The van der Waals surface area contributed by atoms with Crippen molar-refractivity contribution in [3.05, 3.63) is 53.6 Å². The third kappa shape index (κ3) is 7.67. The molecule has 15 heteroatoms. The van der Waals surface area contributed by atoms with E-state index in [1.807, 2.05) is 11.9 Å². The number of anilines is 3. The number of nitrogens with one attached hydrogen (secondary N) is 2. The van der Waals surface area contributed by atoms with E-state index >= 15 is 0 Å². The zero-order valence-electron chi connectivity index (χ0n) is 28.6. The van der Waals surface area contributed by atoms with Crippen molar-refractivity contribution in [1.82, 2.24) is 24.9 Å². The first-order valence-electron chi connectivity index (χ1n) is 16.7. The number of hydrogen-bond donors (Lipinski definition) is 2. The van der Waals surface area contributed by atoms with Crippen molar-refractivity contribution in [3.63, 3.8) is 0 Å². The van der Waals surface area contributed by atoms with Crippen LogP contribution in [0.15, 0.2) is 36.7 Å². The lowest BCUT2D eigenvalue weighted by molar-refractivity contribution is -0.141. The second-order valence-electron chi connectivity index (χ2n) is 13.3. The number of halogens is 3. The smallest absolute Gasteiger partial charge is 0.418 e. The highest BCUT2D eigenvalue weighted by molar-refractivity contribution is 6.03. The lowest BCUT2D eigenvalue weighted by Gasteiger charge is -2.34. The minimum absolute atomic E-state index is 0.0245. The Morgan fingerprint density at radius 3 is 2.46 bits per heavy atom. The summed E-state index contributed by atoms with van der Waals surface area (Å²) in [5.74, 6) is -1.01. The minimum Gasteiger partial charge on any atom is -0.465 e. The van der Waals surface area contributed by atoms with E-state index in [9.17, 15) is 22.8 Å². The van der Waals surface area contributed by atoms with Gasteiger partial charge in [-0.3, -0.25) is 19.9 Å². The van der Waals surface area contributed by atoms with Crippen LogP contribution in [0.4, 0.5) is 30.5 Å². The molecule has 6 rings (SSSR count). The second-order valence-corrected chi connectivity index (χ2v) is 13.3. The number of H-pyrrole nitrogens is 1. The number of nitrogens with zero attached hydrogens (tertiary/aromatic N) is 6. The number of alkyl halides is 3. The number of amides is 1. The zero-order chi connectivity index (χ0) is 35.6. The predicted molar refractivity (Wildman–Crippen MR) is 182 cm³/mol. The van der Waals surface area contributed by atoms with Crippen molar-refractivity contribution in [2.75, 3.05) is 62.6 Å². The van der Waals surface area contributed by atoms with Crippen molar-refractivity contribution in [2.24, 2.45) is 5.41 Å². The van der Waals surface area contributed by atoms with Crippen molar-refractivity contribution >= 4 is 40.4 Å². The molecule has 12 nitrogen and oxygen atoms in total. The van der Waals surface area contributed by atoms with Gasteiger partial charge in [0, 0.05) is 50.8 Å². The number of imidazole rings is 1. The van der Waals surface area contributed by atoms with Gasteiger partial charge in [-0.2, -0.15) is 18.2 Å². The molecule has 4 aromatic heterocycles. The SMILES string of the molecule is CCOC(=O)CN(C)c1ccc(C(=O)Nc2nc3nc(-c4cnc(C5CC5)c(C(F)(F)F)c4)cc(N(C)CC4(COC)CCCC4)c3[nH]2)nc1. The molecule has 0 unspecified atom stereocenters. The van der Waals surface area contributed by atoms with E-state index in [1.54, 1.807) is 38.1 Å². The molecule has 2 aliphatic rings. The number of ether oxygens (including phenoxy) is 2. The van der Waals surface area contributed by atoms with Crippen LogP contribution in [0.3, 0.4) is 0 Å². The van der Waals surface area contributed by atoms with Gasteiger partial charge in [-0.1, -0.05) is 12.8 Å². The number of pyridine rings is 3. The number of rotatable bonds is 13. The van der Waals surface area contributed by atoms with Crippen molar-refractivity contribution < 1.29 is 32.2 Å². The first kappa shape index (κ1) is 35.1. The van der Waals surface area contributed by atoms with Crippen molar-refractivity contribution in [2.45, 2.75) is 57.5 Å². The number of fused-ring (bicyclic) bond motifs is 1. The Kier molecular flexibility index (Phi) is 9.96. The van der Waals surface area contributed by atoms with Gasteiger partial charge < -0.3 is 24.3 Å². The molecule has 2 saturated carbocycles.